The van der Waals surface area contributed by atoms with Crippen molar-refractivity contribution in [2.75, 3.05) is 11.1 Å². The van der Waals surface area contributed by atoms with Crippen LogP contribution < -0.4 is 5.32 Å². The lowest BCUT2D eigenvalue weighted by atomic mass is 9.96. The number of anilines is 1. The number of thioether (sulfide) groups is 1. The lowest BCUT2D eigenvalue weighted by Crippen LogP contribution is -2.14. The lowest BCUT2D eigenvalue weighted by molar-refractivity contribution is -0.113. The van der Waals surface area contributed by atoms with Gasteiger partial charge in [-0.05, 0) is 48.9 Å². The van der Waals surface area contributed by atoms with Crippen molar-refractivity contribution >= 4 is 34.0 Å². The minimum Gasteiger partial charge on any atom is -0.316 e. The first kappa shape index (κ1) is 22.4. The zero-order chi connectivity index (χ0) is 23.3. The molecular formula is C26H23N5OS2. The van der Waals surface area contributed by atoms with Crippen LogP contribution in [0.1, 0.15) is 40.2 Å². The number of aromatic nitrogens is 3. The van der Waals surface area contributed by atoms with Gasteiger partial charge in [-0.25, -0.2) is 0 Å². The molecular weight excluding hydrogens is 462 g/mol. The molecule has 6 nitrogen and oxygen atoms in total. The molecule has 0 saturated heterocycles. The van der Waals surface area contributed by atoms with E-state index in [9.17, 15) is 10.1 Å². The minimum absolute atomic E-state index is 0.146. The Labute approximate surface area is 206 Å². The van der Waals surface area contributed by atoms with Crippen LogP contribution in [0.15, 0.2) is 65.8 Å². The maximum absolute atomic E-state index is 12.8. The molecule has 0 spiro atoms. The number of thiophene rings is 1. The lowest BCUT2D eigenvalue weighted by Gasteiger charge is -2.10. The SMILES string of the molecule is N#Cc1c(NC(=O)CSc2nnc(Cc3ccccc3)n2-c2ccccc2)sc2c1CCCC2. The molecule has 5 rings (SSSR count). The Hall–Kier alpha value is -3.41. The van der Waals surface area contributed by atoms with Crippen LogP contribution in [0.25, 0.3) is 5.69 Å². The Morgan fingerprint density at radius 3 is 2.56 bits per heavy atom. The van der Waals surface area contributed by atoms with Gasteiger partial charge in [-0.15, -0.1) is 21.5 Å². The Morgan fingerprint density at radius 1 is 1.06 bits per heavy atom. The summed E-state index contributed by atoms with van der Waals surface area (Å²) in [7, 11) is 0. The highest BCUT2D eigenvalue weighted by molar-refractivity contribution is 7.99. The standard InChI is InChI=1S/C26H23N5OS2/c27-16-21-20-13-7-8-14-22(20)34-25(21)28-24(32)17-33-26-30-29-23(15-18-9-3-1-4-10-18)31(26)19-11-5-2-6-12-19/h1-6,9-12H,7-8,13-15,17H2,(H,28,32). The van der Waals surface area contributed by atoms with Gasteiger partial charge in [0, 0.05) is 17.0 Å². The van der Waals surface area contributed by atoms with Gasteiger partial charge in [-0.2, -0.15) is 5.26 Å². The molecule has 170 valence electrons. The maximum atomic E-state index is 12.8. The molecule has 2 aromatic heterocycles. The summed E-state index contributed by atoms with van der Waals surface area (Å²) in [5.74, 6) is 0.856. The van der Waals surface area contributed by atoms with Crippen molar-refractivity contribution in [3.8, 4) is 11.8 Å². The number of nitriles is 1. The highest BCUT2D eigenvalue weighted by Crippen LogP contribution is 2.37. The number of nitrogens with zero attached hydrogens (tertiary/aromatic N) is 4. The zero-order valence-electron chi connectivity index (χ0n) is 18.5. The second-order valence-electron chi connectivity index (χ2n) is 8.10. The van der Waals surface area contributed by atoms with Crippen molar-refractivity contribution in [2.45, 2.75) is 37.3 Å². The largest absolute Gasteiger partial charge is 0.316 e. The Morgan fingerprint density at radius 2 is 1.79 bits per heavy atom. The fourth-order valence-corrected chi connectivity index (χ4v) is 6.21. The number of nitrogens with one attached hydrogen (secondary N) is 1. The van der Waals surface area contributed by atoms with Gasteiger partial charge < -0.3 is 5.32 Å². The molecule has 1 aliphatic rings. The van der Waals surface area contributed by atoms with Crippen LogP contribution >= 0.6 is 23.1 Å². The summed E-state index contributed by atoms with van der Waals surface area (Å²) in [5, 5.41) is 22.8. The van der Waals surface area contributed by atoms with E-state index in [1.165, 1.54) is 16.6 Å². The van der Waals surface area contributed by atoms with Gasteiger partial charge in [0.15, 0.2) is 5.16 Å². The topological polar surface area (TPSA) is 83.6 Å². The van der Waals surface area contributed by atoms with Gasteiger partial charge in [-0.3, -0.25) is 9.36 Å². The van der Waals surface area contributed by atoms with Crippen molar-refractivity contribution in [1.29, 1.82) is 5.26 Å². The van der Waals surface area contributed by atoms with Crippen molar-refractivity contribution in [2.24, 2.45) is 0 Å². The Balaban J connectivity index is 1.34. The van der Waals surface area contributed by atoms with Gasteiger partial charge in [0.2, 0.25) is 5.91 Å². The van der Waals surface area contributed by atoms with Crippen molar-refractivity contribution in [1.82, 2.24) is 14.8 Å². The van der Waals surface area contributed by atoms with Gasteiger partial charge in [0.1, 0.15) is 16.9 Å². The van der Waals surface area contributed by atoms with Crippen LogP contribution in [-0.2, 0) is 24.1 Å². The van der Waals surface area contributed by atoms with E-state index in [2.05, 4.69) is 33.7 Å². The molecule has 1 aliphatic carbocycles. The van der Waals surface area contributed by atoms with Gasteiger partial charge in [-0.1, -0.05) is 60.3 Å². The van der Waals surface area contributed by atoms with Crippen LogP contribution in [0, 0.1) is 11.3 Å². The predicted molar refractivity (Wildman–Crippen MR) is 136 cm³/mol. The second kappa shape index (κ2) is 10.2. The molecule has 2 aromatic carbocycles. The highest BCUT2D eigenvalue weighted by atomic mass is 32.2. The van der Waals surface area contributed by atoms with Crippen LogP contribution in [0.4, 0.5) is 5.00 Å². The van der Waals surface area contributed by atoms with Crippen molar-refractivity contribution in [3.05, 3.63) is 88.1 Å². The first-order chi connectivity index (χ1) is 16.7. The molecule has 0 atom stereocenters. The van der Waals surface area contributed by atoms with E-state index in [1.54, 1.807) is 11.3 Å². The minimum atomic E-state index is -0.146. The summed E-state index contributed by atoms with van der Waals surface area (Å²) in [5.41, 5.74) is 3.86. The number of para-hydroxylation sites is 1. The van der Waals surface area contributed by atoms with E-state index in [4.69, 9.17) is 0 Å². The Kier molecular flexibility index (Phi) is 6.74. The first-order valence-electron chi connectivity index (χ1n) is 11.2. The summed E-state index contributed by atoms with van der Waals surface area (Å²) in [6.07, 6.45) is 4.79. The monoisotopic (exact) mass is 485 g/mol. The van der Waals surface area contributed by atoms with E-state index in [0.717, 1.165) is 48.3 Å². The fourth-order valence-electron chi connectivity index (χ4n) is 4.19. The molecule has 0 unspecified atom stereocenters. The molecule has 0 radical (unpaired) electrons. The summed E-state index contributed by atoms with van der Waals surface area (Å²) >= 11 is 2.89. The molecule has 0 saturated carbocycles. The van der Waals surface area contributed by atoms with Crippen LogP contribution in [0.2, 0.25) is 0 Å². The number of carbonyl (C=O) groups excluding carboxylic acids is 1. The number of fused-ring (bicyclic) bond motifs is 1. The molecule has 34 heavy (non-hydrogen) atoms. The molecule has 8 heteroatoms. The van der Waals surface area contributed by atoms with E-state index in [0.29, 0.717) is 22.1 Å². The van der Waals surface area contributed by atoms with E-state index >= 15 is 0 Å². The number of aryl methyl sites for hydroxylation is 1. The van der Waals surface area contributed by atoms with Gasteiger partial charge in [0.25, 0.3) is 0 Å². The van der Waals surface area contributed by atoms with E-state index in [-0.39, 0.29) is 11.7 Å². The molecule has 1 amide bonds. The zero-order valence-corrected chi connectivity index (χ0v) is 20.2. The number of hydrogen-bond donors (Lipinski definition) is 1. The smallest absolute Gasteiger partial charge is 0.235 e. The maximum Gasteiger partial charge on any atom is 0.235 e. The number of benzene rings is 2. The number of hydrogen-bond acceptors (Lipinski definition) is 6. The molecule has 0 aliphatic heterocycles. The molecule has 2 heterocycles. The number of amides is 1. The number of carbonyl (C=O) groups is 1. The average Bonchev–Trinajstić information content (AvgIpc) is 3.44. The molecule has 0 fully saturated rings. The normalized spacial score (nSPS) is 12.7. The van der Waals surface area contributed by atoms with Crippen molar-refractivity contribution < 1.29 is 4.79 Å². The molecule has 1 N–H and O–H groups in total. The third-order valence-corrected chi connectivity index (χ3v) is 7.92. The van der Waals surface area contributed by atoms with Crippen molar-refractivity contribution in [3.63, 3.8) is 0 Å². The summed E-state index contributed by atoms with van der Waals surface area (Å²) < 4.78 is 2.01. The predicted octanol–water partition coefficient (Wildman–Crippen LogP) is 5.40. The van der Waals surface area contributed by atoms with E-state index in [1.807, 2.05) is 53.1 Å². The van der Waals surface area contributed by atoms with Crippen LogP contribution in [-0.4, -0.2) is 26.4 Å². The third-order valence-electron chi connectivity index (χ3n) is 5.79. The highest BCUT2D eigenvalue weighted by Gasteiger charge is 2.22. The fraction of sp³-hybridized carbons (Fsp3) is 0.231. The third kappa shape index (κ3) is 4.76. The van der Waals surface area contributed by atoms with Crippen LogP contribution in [0.3, 0.4) is 0 Å². The summed E-state index contributed by atoms with van der Waals surface area (Å²) in [6.45, 7) is 0. The van der Waals surface area contributed by atoms with Gasteiger partial charge in [0.05, 0.1) is 11.3 Å². The Bertz CT molecular complexity index is 1340. The number of rotatable bonds is 7. The first-order valence-corrected chi connectivity index (χ1v) is 13.0. The molecule has 0 bridgehead atoms. The van der Waals surface area contributed by atoms with Gasteiger partial charge >= 0.3 is 0 Å². The van der Waals surface area contributed by atoms with Crippen LogP contribution in [0.5, 0.6) is 0 Å². The molecule has 4 aromatic rings. The summed E-state index contributed by atoms with van der Waals surface area (Å²) in [6, 6.07) is 22.4. The second-order valence-corrected chi connectivity index (χ2v) is 10.1. The van der Waals surface area contributed by atoms with E-state index < -0.39 is 0 Å². The summed E-state index contributed by atoms with van der Waals surface area (Å²) in [4.78, 5) is 14.1. The quantitative estimate of drug-likeness (QED) is 0.354. The average molecular weight is 486 g/mol.